The van der Waals surface area contributed by atoms with Gasteiger partial charge in [0.05, 0.1) is 35.5 Å². The van der Waals surface area contributed by atoms with Gasteiger partial charge < -0.3 is 45.3 Å². The molecule has 0 aromatic rings. The summed E-state index contributed by atoms with van der Waals surface area (Å²) in [5.74, 6) is -2.97. The number of carboxylic acid groups (broad SMARTS) is 3. The average molecular weight is 1980 g/mol. The zero-order chi connectivity index (χ0) is 56.3. The number of methoxy groups -OCH3 is 1. The Balaban J connectivity index is 0.000000178. The van der Waals surface area contributed by atoms with Gasteiger partial charge in [-0.15, -0.1) is 0 Å². The Morgan fingerprint density at radius 2 is 0.697 bits per heavy atom. The molecule has 6 N–H and O–H groups in total. The van der Waals surface area contributed by atoms with Gasteiger partial charge in [-0.05, 0) is 201 Å². The van der Waals surface area contributed by atoms with Gasteiger partial charge in [0, 0.05) is 96.1 Å². The van der Waals surface area contributed by atoms with Crippen LogP contribution in [0.2, 0.25) is 0 Å². The van der Waals surface area contributed by atoms with Gasteiger partial charge in [0.25, 0.3) is 0 Å². The van der Waals surface area contributed by atoms with Crippen molar-refractivity contribution in [3.8, 4) is 0 Å². The van der Waals surface area contributed by atoms with Gasteiger partial charge in [-0.3, -0.25) is 9.59 Å². The molecule has 0 aromatic carbocycles. The van der Waals surface area contributed by atoms with E-state index >= 15 is 0 Å². The first-order valence-electron chi connectivity index (χ1n) is 25.2. The minimum absolute atomic E-state index is 0. The number of ketones is 2. The average Bonchev–Trinajstić information content (AvgIpc) is 3.26. The number of aliphatic hydroxyl groups is 4. The number of hydrogen-bond donors (Lipinski definition) is 6. The summed E-state index contributed by atoms with van der Waals surface area (Å²) in [5, 5.41) is 70.8. The molecule has 16 rings (SSSR count). The monoisotopic (exact) mass is 1980 g/mol. The molecule has 0 saturated heterocycles. The molecular formula is C49H65Cl4I7NaO14V. The van der Waals surface area contributed by atoms with Crippen LogP contribution in [0.3, 0.4) is 0 Å². The maximum absolute atomic E-state index is 11.9. The van der Waals surface area contributed by atoms with Crippen molar-refractivity contribution >= 4 is 216 Å². The number of aliphatic carboxylic acids is 3. The van der Waals surface area contributed by atoms with Gasteiger partial charge in [0.15, 0.2) is 4.33 Å². The first-order chi connectivity index (χ1) is 34.6. The number of esters is 1. The molecule has 428 valence electrons. The molecule has 27 heteroatoms. The molecule has 0 heterocycles. The van der Waals surface area contributed by atoms with E-state index in [9.17, 15) is 54.3 Å². The van der Waals surface area contributed by atoms with E-state index in [4.69, 9.17) is 61.4 Å². The molecule has 8 unspecified atom stereocenters. The molecule has 16 aliphatic rings. The van der Waals surface area contributed by atoms with Gasteiger partial charge in [0.2, 0.25) is 15.9 Å². The van der Waals surface area contributed by atoms with Crippen LogP contribution in [0.25, 0.3) is 0 Å². The van der Waals surface area contributed by atoms with Crippen molar-refractivity contribution in [1.29, 1.82) is 0 Å². The molecule has 0 spiro atoms. The summed E-state index contributed by atoms with van der Waals surface area (Å²) >= 11 is 40.7. The third-order valence-electron chi connectivity index (χ3n) is 19.5. The Bertz CT molecular complexity index is 2070. The fraction of sp³-hybridized carbons (Fsp3) is 0.878. The molecule has 76 heavy (non-hydrogen) atoms. The normalized spacial score (nSPS) is 43.2. The molecule has 8 atom stereocenters. The van der Waals surface area contributed by atoms with Crippen molar-refractivity contribution in [3.63, 3.8) is 0 Å². The van der Waals surface area contributed by atoms with E-state index in [1.165, 1.54) is 7.11 Å². The number of rotatable bonds is 8. The molecule has 0 aromatic heterocycles. The number of alkyl halides is 4. The molecular weight excluding hydrogens is 1920 g/mol. The van der Waals surface area contributed by atoms with Crippen molar-refractivity contribution in [2.24, 2.45) is 69.0 Å². The van der Waals surface area contributed by atoms with Crippen LogP contribution in [-0.4, -0.2) is 104 Å². The zero-order valence-corrected chi connectivity index (χ0v) is 63.7. The van der Waals surface area contributed by atoms with Crippen molar-refractivity contribution in [3.05, 3.63) is 0 Å². The van der Waals surface area contributed by atoms with Crippen LogP contribution in [-0.2, 0) is 38.4 Å². The second kappa shape index (κ2) is 27.3. The van der Waals surface area contributed by atoms with Crippen LogP contribution >= 0.6 is 181 Å². The van der Waals surface area contributed by atoms with E-state index in [0.29, 0.717) is 112 Å². The van der Waals surface area contributed by atoms with Crippen LogP contribution in [0, 0.1) is 69.0 Å². The van der Waals surface area contributed by atoms with Crippen molar-refractivity contribution in [2.75, 3.05) is 7.11 Å². The Hall–Kier alpha value is 4.91. The fourth-order valence-corrected chi connectivity index (χ4v) is 20.2. The molecule has 14 nitrogen and oxygen atoms in total. The molecule has 0 radical (unpaired) electrons. The molecule has 0 aliphatic heterocycles. The van der Waals surface area contributed by atoms with E-state index in [1.807, 2.05) is 0 Å². The Morgan fingerprint density at radius 1 is 0.474 bits per heavy atom. The van der Waals surface area contributed by atoms with Gasteiger partial charge in [0.1, 0.15) is 0 Å². The van der Waals surface area contributed by atoms with Crippen LogP contribution < -0.4 is 34.7 Å². The molecule has 16 saturated carbocycles. The number of Topliss-reactive ketones (excluding diaryl/α,β-unsaturated/α-hetero) is 2. The quantitative estimate of drug-likeness (QED) is 0.0436. The smallest absolute Gasteiger partial charge is 1.00 e. The van der Waals surface area contributed by atoms with Crippen LogP contribution in [0.1, 0.15) is 154 Å². The molecule has 16 fully saturated rings. The van der Waals surface area contributed by atoms with E-state index < -0.39 is 88.2 Å². The molecule has 16 bridgehead atoms. The van der Waals surface area contributed by atoms with Crippen LogP contribution in [0.15, 0.2) is 0 Å². The van der Waals surface area contributed by atoms with E-state index in [-0.39, 0.29) is 34.5 Å². The SMILES string of the molecule is COC(=O)C(Cl)(Cl)C12CC3CC(CC(O)(C3)C1)C2.II.II.O=C(O)C(=O)C12CC3CC(CC(O)(C3)C1)C2.O=C(O)C(=O)C12CC3CC(CC(O)(C3)C1)C2.O=C([O-])C(Cl)(Cl)C12CC3CC(CC(O)(C3)C1)C2.[I][V]([I])[I].[Na+]. The van der Waals surface area contributed by atoms with Gasteiger partial charge in [-0.2, -0.15) is 0 Å². The summed E-state index contributed by atoms with van der Waals surface area (Å²) in [5.41, 5.74) is -5.64. The summed E-state index contributed by atoms with van der Waals surface area (Å²) in [7, 11) is 1.30. The number of halogens is 11. The van der Waals surface area contributed by atoms with Crippen LogP contribution in [0.5, 0.6) is 0 Å². The molecule has 0 amide bonds. The number of carbonyl (C=O) groups excluding carboxylic acids is 4. The predicted molar refractivity (Wildman–Crippen MR) is 338 cm³/mol. The Labute approximate surface area is 571 Å². The summed E-state index contributed by atoms with van der Waals surface area (Å²) in [6, 6.07) is 0. The fourth-order valence-electron chi connectivity index (χ4n) is 19.1. The topological polar surface area (TPSA) is 256 Å². The largest absolute Gasteiger partial charge is 1.00 e. The second-order valence-corrected chi connectivity index (χ2v) is 63.3. The zero-order valence-electron chi connectivity index (χ0n) is 42.1. The number of carbonyl (C=O) groups is 6. The van der Waals surface area contributed by atoms with E-state index in [2.05, 4.69) is 134 Å². The standard InChI is InChI=1S/C13H18Cl2O3.C12H16Cl2O3.2C12H16O4.2I2.3HI.Na.V/c1-18-10(16)13(14,15)11-3-8-2-9(4-11)6-12(17,5-8)7-11;13-12(14,9(15)16)10-2-7-1-8(3-10)5-11(17,4-7)6-10;2*13-9(10(14)15)11-2-7-1-8(3-11)5-12(16,4-7)6-11;2*1-2;;;;;/h8-9,17H,2-7H2,1H3;7-8,17H,1-6H2,(H,15,16);2*7-8,16H,1-6H2,(H,14,15);;;3*1H;;/q;;;;;;;;;+1;+3/p-4. The van der Waals surface area contributed by atoms with Crippen LogP contribution in [0.4, 0.5) is 0 Å². The van der Waals surface area contributed by atoms with E-state index in [0.717, 1.165) is 89.9 Å². The maximum Gasteiger partial charge on any atom is 1.00 e. The molecule has 16 aliphatic carbocycles. The van der Waals surface area contributed by atoms with E-state index in [1.54, 1.807) is 0 Å². The third kappa shape index (κ3) is 15.3. The minimum Gasteiger partial charge on any atom is 1.00 e. The summed E-state index contributed by atoms with van der Waals surface area (Å²) in [6.45, 7) is 0. The number of carboxylic acids is 3. The number of hydrogen-bond acceptors (Lipinski definition) is 12. The van der Waals surface area contributed by atoms with Crippen molar-refractivity contribution < 1.29 is 104 Å². The summed E-state index contributed by atoms with van der Waals surface area (Å²) in [4.78, 5) is 68.2. The second-order valence-electron chi connectivity index (χ2n) is 25.3. The van der Waals surface area contributed by atoms with Crippen molar-refractivity contribution in [1.82, 2.24) is 0 Å². The van der Waals surface area contributed by atoms with Crippen molar-refractivity contribution in [2.45, 2.75) is 185 Å². The number of ether oxygens (including phenoxy) is 1. The van der Waals surface area contributed by atoms with Gasteiger partial charge in [-0.1, -0.05) is 46.4 Å². The van der Waals surface area contributed by atoms with Gasteiger partial charge in [-0.25, -0.2) is 14.4 Å². The minimum atomic E-state index is -1.88. The Kier molecular flexibility index (Phi) is 25.8. The summed E-state index contributed by atoms with van der Waals surface area (Å²) in [6.07, 6.45) is 18.0. The Morgan fingerprint density at radius 3 is 0.895 bits per heavy atom. The third-order valence-corrected chi connectivity index (χ3v) is 21.7. The first kappa shape index (κ1) is 71.7. The predicted octanol–water partition coefficient (Wildman–Crippen LogP) is 9.05. The first-order valence-corrected chi connectivity index (χ1v) is 52.8. The van der Waals surface area contributed by atoms with Gasteiger partial charge >= 0.3 is 112 Å². The maximum atomic E-state index is 11.9. The summed E-state index contributed by atoms with van der Waals surface area (Å²) < 4.78 is 1.34.